The third kappa shape index (κ3) is 20.2. The first-order valence-corrected chi connectivity index (χ1v) is 9.35. The number of rotatable bonds is 2. The molecule has 0 aliphatic carbocycles. The van der Waals surface area contributed by atoms with Gasteiger partial charge in [0.15, 0.2) is 0 Å². The molecule has 2 rings (SSSR count). The van der Waals surface area contributed by atoms with Gasteiger partial charge in [-0.15, -0.1) is 0 Å². The summed E-state index contributed by atoms with van der Waals surface area (Å²) in [5, 5.41) is 0. The zero-order chi connectivity index (χ0) is 16.5. The van der Waals surface area contributed by atoms with E-state index in [9.17, 15) is 22.3 Å². The van der Waals surface area contributed by atoms with Crippen molar-refractivity contribution in [1.82, 2.24) is 4.72 Å². The van der Waals surface area contributed by atoms with Crippen LogP contribution in [-0.2, 0) is 23.5 Å². The summed E-state index contributed by atoms with van der Waals surface area (Å²) in [5.74, 6) is -0.550. The van der Waals surface area contributed by atoms with Crippen LogP contribution >= 0.6 is 15.6 Å². The summed E-state index contributed by atoms with van der Waals surface area (Å²) in [7, 11) is -13.7. The molecular weight excluding hydrogens is 509 g/mol. The van der Waals surface area contributed by atoms with Gasteiger partial charge in [-0.05, 0) is 12.1 Å². The summed E-state index contributed by atoms with van der Waals surface area (Å²) in [6.45, 7) is 0. The topological polar surface area (TPSA) is 188 Å². The molecule has 0 atom stereocenters. The van der Waals surface area contributed by atoms with Crippen molar-refractivity contribution in [3.05, 3.63) is 29.8 Å². The molecule has 21 heteroatoms. The third-order valence-electron chi connectivity index (χ3n) is 1.86. The van der Waals surface area contributed by atoms with Crippen molar-refractivity contribution in [3.63, 3.8) is 0 Å². The van der Waals surface area contributed by atoms with Crippen LogP contribution in [0.15, 0.2) is 29.2 Å². The van der Waals surface area contributed by atoms with E-state index < -0.39 is 31.6 Å². The van der Waals surface area contributed by atoms with Crippen molar-refractivity contribution < 1.29 is 237 Å². The molecule has 0 aromatic heterocycles. The van der Waals surface area contributed by atoms with Gasteiger partial charge in [0.05, 0.1) is 5.56 Å². The molecule has 138 valence electrons. The van der Waals surface area contributed by atoms with Crippen molar-refractivity contribution in [2.24, 2.45) is 0 Å². The molecule has 1 aliphatic heterocycles. The Labute approximate surface area is 302 Å². The minimum absolute atomic E-state index is 0. The van der Waals surface area contributed by atoms with Crippen LogP contribution in [0.4, 0.5) is 4.70 Å². The standard InChI is InChI=1S/C7H5NO3S.FH.6Na.H4O7P2.6H/c9-7-5-3-1-2-4-6(5)12(10,11)8-7;;;;;;;;1-8(2,3)7-9(4,5)6;;;;;;/h1-4H,(H,8,9);1H;;;;;;;(H2,1,2,3)(H2,4,5,6);;;;;;/q;;6*+1;;6*-1. The van der Waals surface area contributed by atoms with Crippen LogP contribution < -0.4 is 182 Å². The molecule has 11 nitrogen and oxygen atoms in total. The molecule has 1 heterocycles. The van der Waals surface area contributed by atoms with Gasteiger partial charge in [-0.2, -0.15) is 4.31 Å². The van der Waals surface area contributed by atoms with E-state index in [1.807, 2.05) is 4.72 Å². The maximum absolute atomic E-state index is 11.1. The number of halogens is 1. The number of carbonyl (C=O) groups is 1. The summed E-state index contributed by atoms with van der Waals surface area (Å²) < 4.78 is 46.4. The van der Waals surface area contributed by atoms with E-state index in [-0.39, 0.29) is 201 Å². The average molecular weight is 525 g/mol. The number of hydrogen-bond acceptors (Lipinski definition) is 6. The van der Waals surface area contributed by atoms with Crippen LogP contribution in [-0.4, -0.2) is 33.9 Å². The van der Waals surface area contributed by atoms with Crippen molar-refractivity contribution >= 4 is 31.6 Å². The Hall–Kier alpha value is 4.83. The number of hydrogen-bond donors (Lipinski definition) is 5. The second-order valence-electron chi connectivity index (χ2n) is 3.49. The zero-order valence-corrected chi connectivity index (χ0v) is 30.9. The number of benzene rings is 1. The van der Waals surface area contributed by atoms with E-state index >= 15 is 0 Å². The van der Waals surface area contributed by atoms with E-state index in [1.54, 1.807) is 12.1 Å². The minimum atomic E-state index is -5.05. The van der Waals surface area contributed by atoms with E-state index in [4.69, 9.17) is 19.6 Å². The average Bonchev–Trinajstić information content (AvgIpc) is 2.46. The molecule has 0 spiro atoms. The first kappa shape index (κ1) is 49.9. The van der Waals surface area contributed by atoms with Crippen LogP contribution in [0, 0.1) is 0 Å². The van der Waals surface area contributed by atoms with Crippen molar-refractivity contribution in [2.75, 3.05) is 0 Å². The molecular formula is C7H16FNNa6O10P2S. The van der Waals surface area contributed by atoms with Gasteiger partial charge in [-0.3, -0.25) is 9.50 Å². The normalized spacial score (nSPS) is 12.4. The summed E-state index contributed by atoms with van der Waals surface area (Å²) >= 11 is 0. The van der Waals surface area contributed by atoms with Crippen molar-refractivity contribution in [2.45, 2.75) is 4.90 Å². The maximum Gasteiger partial charge on any atom is 1.00 e. The van der Waals surface area contributed by atoms with Gasteiger partial charge in [-0.25, -0.2) is 22.3 Å². The number of sulfonamides is 1. The predicted octanol–water partition coefficient (Wildman–Crippen LogP) is -17.8. The van der Waals surface area contributed by atoms with Gasteiger partial charge in [0.1, 0.15) is 4.90 Å². The fourth-order valence-corrected chi connectivity index (χ4v) is 3.54. The summed E-state index contributed by atoms with van der Waals surface area (Å²) in [4.78, 5) is 42.1. The Morgan fingerprint density at radius 1 is 0.857 bits per heavy atom. The Kier molecular flexibility index (Phi) is 37.6. The van der Waals surface area contributed by atoms with Gasteiger partial charge in [0.2, 0.25) is 0 Å². The molecule has 1 amide bonds. The first-order chi connectivity index (χ1) is 9.32. The van der Waals surface area contributed by atoms with Gasteiger partial charge in [0, 0.05) is 0 Å². The molecule has 0 fully saturated rings. The molecule has 0 bridgehead atoms. The molecule has 1 aromatic rings. The van der Waals surface area contributed by atoms with Gasteiger partial charge in [-0.1, -0.05) is 12.1 Å². The Balaban J connectivity index is -0.0000000174. The van der Waals surface area contributed by atoms with E-state index in [0.29, 0.717) is 0 Å². The number of carbonyl (C=O) groups excluding carboxylic acids is 1. The van der Waals surface area contributed by atoms with Gasteiger partial charge in [0.25, 0.3) is 15.9 Å². The third-order valence-corrected chi connectivity index (χ3v) is 4.95. The Morgan fingerprint density at radius 3 is 1.50 bits per heavy atom. The van der Waals surface area contributed by atoms with Crippen LogP contribution in [0.5, 0.6) is 0 Å². The smallest absolute Gasteiger partial charge is 1.00 e. The van der Waals surface area contributed by atoms with Crippen molar-refractivity contribution in [1.29, 1.82) is 0 Å². The van der Waals surface area contributed by atoms with Gasteiger partial charge < -0.3 is 28.1 Å². The van der Waals surface area contributed by atoms with Gasteiger partial charge >= 0.3 is 193 Å². The van der Waals surface area contributed by atoms with E-state index in [2.05, 4.69) is 4.31 Å². The predicted molar refractivity (Wildman–Crippen MR) is 75.4 cm³/mol. The summed E-state index contributed by atoms with van der Waals surface area (Å²) in [6, 6.07) is 6.09. The molecule has 1 aromatic carbocycles. The molecule has 1 aliphatic rings. The monoisotopic (exact) mass is 525 g/mol. The second kappa shape index (κ2) is 21.1. The van der Waals surface area contributed by atoms with E-state index in [1.165, 1.54) is 12.1 Å². The molecule has 0 unspecified atom stereocenters. The zero-order valence-electron chi connectivity index (χ0n) is 22.3. The molecule has 5 N–H and O–H groups in total. The second-order valence-corrected chi connectivity index (χ2v) is 7.76. The van der Waals surface area contributed by atoms with Crippen LogP contribution in [0.2, 0.25) is 0 Å². The fourth-order valence-electron chi connectivity index (χ4n) is 1.26. The quantitative estimate of drug-likeness (QED) is 0.183. The van der Waals surface area contributed by atoms with Crippen LogP contribution in [0.25, 0.3) is 0 Å². The fraction of sp³-hybridized carbons (Fsp3) is 0. The van der Waals surface area contributed by atoms with E-state index in [0.717, 1.165) is 0 Å². The Bertz CT molecular complexity index is 776. The first-order valence-electron chi connectivity index (χ1n) is 4.80. The Morgan fingerprint density at radius 2 is 1.21 bits per heavy atom. The number of phosphoric acid groups is 2. The largest absolute Gasteiger partial charge is 1.00 e. The SMILES string of the molecule is F.O=C1NS(=O)(=O)c2ccccc21.O=P(O)(O)OP(=O)(O)O.[H-].[H-].[H-].[H-].[H-].[H-].[Na+].[Na+].[Na+].[Na+].[Na+].[Na+]. The molecule has 0 radical (unpaired) electrons. The van der Waals surface area contributed by atoms with Crippen molar-refractivity contribution in [3.8, 4) is 0 Å². The molecule has 28 heavy (non-hydrogen) atoms. The van der Waals surface area contributed by atoms with Crippen LogP contribution in [0.3, 0.4) is 0 Å². The molecule has 0 saturated carbocycles. The minimum Gasteiger partial charge on any atom is -1.00 e. The maximum atomic E-state index is 11.1. The summed E-state index contributed by atoms with van der Waals surface area (Å²) in [5.41, 5.74) is 0.220. The number of nitrogens with one attached hydrogen (secondary N) is 1. The number of fused-ring (bicyclic) bond motifs is 1. The summed E-state index contributed by atoms with van der Waals surface area (Å²) in [6.07, 6.45) is 0. The number of amides is 1. The van der Waals surface area contributed by atoms with Crippen LogP contribution in [0.1, 0.15) is 18.9 Å². The molecule has 0 saturated heterocycles.